The number of hydrogen-bond donors (Lipinski definition) is 1. The average Bonchev–Trinajstić information content (AvgIpc) is 2.47. The van der Waals surface area contributed by atoms with Gasteiger partial charge in [-0.2, -0.15) is 0 Å². The molecule has 0 unspecified atom stereocenters. The van der Waals surface area contributed by atoms with E-state index >= 15 is 0 Å². The molecule has 0 fully saturated rings. The molecule has 0 saturated heterocycles. The van der Waals surface area contributed by atoms with E-state index in [1.807, 2.05) is 25.1 Å². The van der Waals surface area contributed by atoms with Crippen molar-refractivity contribution < 1.29 is 9.47 Å². The summed E-state index contributed by atoms with van der Waals surface area (Å²) in [5.74, 6) is 0.893. The lowest BCUT2D eigenvalue weighted by atomic mass is 10.1. The first kappa shape index (κ1) is 17.3. The summed E-state index contributed by atoms with van der Waals surface area (Å²) in [4.78, 5) is 0. The molecule has 0 bridgehead atoms. The van der Waals surface area contributed by atoms with Crippen LogP contribution in [0.2, 0.25) is 5.02 Å². The lowest BCUT2D eigenvalue weighted by Gasteiger charge is -2.09. The van der Waals surface area contributed by atoms with E-state index < -0.39 is 0 Å². The van der Waals surface area contributed by atoms with Crippen molar-refractivity contribution in [2.45, 2.75) is 33.1 Å². The molecule has 4 heteroatoms. The normalized spacial score (nSPS) is 10.8. The number of aryl methyl sites for hydroxylation is 1. The Morgan fingerprint density at radius 3 is 2.70 bits per heavy atom. The zero-order chi connectivity index (χ0) is 14.6. The van der Waals surface area contributed by atoms with Crippen molar-refractivity contribution in [1.29, 1.82) is 0 Å². The van der Waals surface area contributed by atoms with Gasteiger partial charge in [0.05, 0.1) is 0 Å². The molecule has 114 valence electrons. The van der Waals surface area contributed by atoms with Gasteiger partial charge in [0.15, 0.2) is 0 Å². The number of halogens is 1. The summed E-state index contributed by atoms with van der Waals surface area (Å²) in [6.07, 6.45) is 3.17. The molecule has 1 N–H and O–H groups in total. The number of nitrogens with one attached hydrogen (secondary N) is 1. The second kappa shape index (κ2) is 11.0. The van der Waals surface area contributed by atoms with Crippen LogP contribution in [0.15, 0.2) is 18.2 Å². The third-order valence-electron chi connectivity index (χ3n) is 3.04. The Bertz CT molecular complexity index is 371. The summed E-state index contributed by atoms with van der Waals surface area (Å²) >= 11 is 6.07. The van der Waals surface area contributed by atoms with E-state index in [4.69, 9.17) is 21.1 Å². The molecule has 0 spiro atoms. The van der Waals surface area contributed by atoms with E-state index in [0.717, 1.165) is 61.9 Å². The van der Waals surface area contributed by atoms with Crippen LogP contribution in [0, 0.1) is 0 Å². The van der Waals surface area contributed by atoms with E-state index in [-0.39, 0.29) is 0 Å². The SMILES string of the molecule is CCOCCCCNCCOc1ccc(Cl)c(CC)c1. The zero-order valence-electron chi connectivity index (χ0n) is 12.6. The van der Waals surface area contributed by atoms with Gasteiger partial charge < -0.3 is 14.8 Å². The summed E-state index contributed by atoms with van der Waals surface area (Å²) in [7, 11) is 0. The van der Waals surface area contributed by atoms with Crippen molar-refractivity contribution in [1.82, 2.24) is 5.32 Å². The number of benzene rings is 1. The van der Waals surface area contributed by atoms with Crippen LogP contribution in [0.4, 0.5) is 0 Å². The topological polar surface area (TPSA) is 30.5 Å². The maximum absolute atomic E-state index is 6.07. The molecule has 0 amide bonds. The van der Waals surface area contributed by atoms with E-state index in [9.17, 15) is 0 Å². The molecular weight excluding hydrogens is 274 g/mol. The molecule has 1 rings (SSSR count). The highest BCUT2D eigenvalue weighted by Gasteiger charge is 2.00. The molecule has 1 aromatic rings. The minimum Gasteiger partial charge on any atom is -0.492 e. The lowest BCUT2D eigenvalue weighted by Crippen LogP contribution is -2.22. The summed E-state index contributed by atoms with van der Waals surface area (Å²) < 4.78 is 11.0. The minimum atomic E-state index is 0.677. The maximum Gasteiger partial charge on any atom is 0.119 e. The monoisotopic (exact) mass is 299 g/mol. The highest BCUT2D eigenvalue weighted by atomic mass is 35.5. The van der Waals surface area contributed by atoms with Crippen molar-refractivity contribution in [2.75, 3.05) is 32.9 Å². The van der Waals surface area contributed by atoms with Gasteiger partial charge in [-0.3, -0.25) is 0 Å². The fraction of sp³-hybridized carbons (Fsp3) is 0.625. The Labute approximate surface area is 127 Å². The predicted molar refractivity (Wildman–Crippen MR) is 84.9 cm³/mol. The van der Waals surface area contributed by atoms with Crippen LogP contribution in [0.5, 0.6) is 5.75 Å². The van der Waals surface area contributed by atoms with Crippen LogP contribution >= 0.6 is 11.6 Å². The van der Waals surface area contributed by atoms with Gasteiger partial charge in [0.25, 0.3) is 0 Å². The summed E-state index contributed by atoms with van der Waals surface area (Å²) in [6, 6.07) is 5.84. The van der Waals surface area contributed by atoms with Crippen LogP contribution in [-0.4, -0.2) is 32.9 Å². The van der Waals surface area contributed by atoms with Gasteiger partial charge in [-0.25, -0.2) is 0 Å². The number of hydrogen-bond acceptors (Lipinski definition) is 3. The van der Waals surface area contributed by atoms with Crippen LogP contribution in [0.3, 0.4) is 0 Å². The Kier molecular flexibility index (Phi) is 9.46. The fourth-order valence-electron chi connectivity index (χ4n) is 1.88. The molecule has 0 aliphatic heterocycles. The molecule has 0 saturated carbocycles. The fourth-order valence-corrected chi connectivity index (χ4v) is 2.13. The van der Waals surface area contributed by atoms with Crippen LogP contribution < -0.4 is 10.1 Å². The second-order valence-corrected chi connectivity index (χ2v) is 5.02. The molecule has 0 radical (unpaired) electrons. The number of ether oxygens (including phenoxy) is 2. The van der Waals surface area contributed by atoms with Gasteiger partial charge in [-0.05, 0) is 56.5 Å². The predicted octanol–water partition coefficient (Wildman–Crippen LogP) is 3.69. The minimum absolute atomic E-state index is 0.677. The van der Waals surface area contributed by atoms with E-state index in [0.29, 0.717) is 6.61 Å². The Balaban J connectivity index is 2.06. The molecule has 0 aromatic heterocycles. The maximum atomic E-state index is 6.07. The third-order valence-corrected chi connectivity index (χ3v) is 3.41. The highest BCUT2D eigenvalue weighted by molar-refractivity contribution is 6.31. The van der Waals surface area contributed by atoms with Crippen molar-refractivity contribution >= 4 is 11.6 Å². The average molecular weight is 300 g/mol. The highest BCUT2D eigenvalue weighted by Crippen LogP contribution is 2.22. The molecule has 0 aliphatic rings. The van der Waals surface area contributed by atoms with Gasteiger partial charge in [0.1, 0.15) is 12.4 Å². The van der Waals surface area contributed by atoms with E-state index in [1.54, 1.807) is 0 Å². The van der Waals surface area contributed by atoms with E-state index in [1.165, 1.54) is 0 Å². The van der Waals surface area contributed by atoms with Crippen LogP contribution in [0.1, 0.15) is 32.3 Å². The molecule has 1 aromatic carbocycles. The van der Waals surface area contributed by atoms with Gasteiger partial charge in [-0.15, -0.1) is 0 Å². The molecule has 0 atom stereocenters. The number of rotatable bonds is 11. The van der Waals surface area contributed by atoms with Crippen molar-refractivity contribution in [3.05, 3.63) is 28.8 Å². The third kappa shape index (κ3) is 7.13. The summed E-state index contributed by atoms with van der Waals surface area (Å²) in [6.45, 7) is 8.33. The molecule has 3 nitrogen and oxygen atoms in total. The van der Waals surface area contributed by atoms with Gasteiger partial charge in [0, 0.05) is 24.8 Å². The van der Waals surface area contributed by atoms with Gasteiger partial charge in [0.2, 0.25) is 0 Å². The first-order valence-corrected chi connectivity index (χ1v) is 7.85. The molecular formula is C16H26ClNO2. The molecule has 20 heavy (non-hydrogen) atoms. The standard InChI is InChI=1S/C16H26ClNO2/c1-3-14-13-15(7-8-16(14)17)20-12-10-18-9-5-6-11-19-4-2/h7-8,13,18H,3-6,9-12H2,1-2H3. The van der Waals surface area contributed by atoms with Crippen molar-refractivity contribution in [3.8, 4) is 5.75 Å². The Morgan fingerprint density at radius 2 is 1.95 bits per heavy atom. The first-order chi connectivity index (χ1) is 9.77. The van der Waals surface area contributed by atoms with Crippen molar-refractivity contribution in [3.63, 3.8) is 0 Å². The molecule has 0 heterocycles. The smallest absolute Gasteiger partial charge is 0.119 e. The van der Waals surface area contributed by atoms with Crippen LogP contribution in [0.25, 0.3) is 0 Å². The van der Waals surface area contributed by atoms with Crippen molar-refractivity contribution in [2.24, 2.45) is 0 Å². The largest absolute Gasteiger partial charge is 0.492 e. The lowest BCUT2D eigenvalue weighted by molar-refractivity contribution is 0.143. The Hall–Kier alpha value is -0.770. The van der Waals surface area contributed by atoms with Gasteiger partial charge in [-0.1, -0.05) is 18.5 Å². The second-order valence-electron chi connectivity index (χ2n) is 4.61. The first-order valence-electron chi connectivity index (χ1n) is 7.47. The quantitative estimate of drug-likeness (QED) is 0.632. The zero-order valence-corrected chi connectivity index (χ0v) is 13.3. The summed E-state index contributed by atoms with van der Waals surface area (Å²) in [5, 5.41) is 4.18. The van der Waals surface area contributed by atoms with E-state index in [2.05, 4.69) is 12.2 Å². The van der Waals surface area contributed by atoms with Gasteiger partial charge >= 0.3 is 0 Å². The number of unbranched alkanes of at least 4 members (excludes halogenated alkanes) is 1. The Morgan fingerprint density at radius 1 is 1.10 bits per heavy atom. The van der Waals surface area contributed by atoms with Crippen LogP contribution in [-0.2, 0) is 11.2 Å². The molecule has 0 aliphatic carbocycles. The summed E-state index contributed by atoms with van der Waals surface area (Å²) in [5.41, 5.74) is 1.13.